The molecule has 1 spiro atoms. The molecule has 14 heteroatoms. The van der Waals surface area contributed by atoms with Gasteiger partial charge >= 0.3 is 12.1 Å². The quantitative estimate of drug-likeness (QED) is 0.390. The topological polar surface area (TPSA) is 136 Å². The molecule has 2 saturated heterocycles. The Morgan fingerprint density at radius 2 is 1.95 bits per heavy atom. The number of rotatable bonds is 6. The lowest BCUT2D eigenvalue weighted by Crippen LogP contribution is -2.41. The van der Waals surface area contributed by atoms with E-state index in [1.54, 1.807) is 6.07 Å². The summed E-state index contributed by atoms with van der Waals surface area (Å²) in [6.45, 7) is 1.59. The van der Waals surface area contributed by atoms with Gasteiger partial charge < -0.3 is 30.4 Å². The highest BCUT2D eigenvalue weighted by atomic mass is 35.5. The summed E-state index contributed by atoms with van der Waals surface area (Å²) in [5.74, 6) is -1.23. The van der Waals surface area contributed by atoms with Crippen molar-refractivity contribution in [3.63, 3.8) is 0 Å². The number of carboxylic acids is 1. The van der Waals surface area contributed by atoms with Crippen LogP contribution in [0, 0.1) is 5.41 Å². The lowest BCUT2D eigenvalue weighted by Gasteiger charge is -2.39. The molecule has 2 fully saturated rings. The van der Waals surface area contributed by atoms with Crippen molar-refractivity contribution >= 4 is 29.3 Å². The normalized spacial score (nSPS) is 19.3. The number of nitrogens with two attached hydrogens (primary N) is 1. The largest absolute Gasteiger partial charge is 0.480 e. The van der Waals surface area contributed by atoms with Gasteiger partial charge in [0, 0.05) is 55.1 Å². The minimum absolute atomic E-state index is 0.0190. The molecule has 218 valence electrons. The van der Waals surface area contributed by atoms with Gasteiger partial charge in [-0.2, -0.15) is 23.1 Å². The Kier molecular flexibility index (Phi) is 7.60. The van der Waals surface area contributed by atoms with Crippen molar-refractivity contribution in [2.45, 2.75) is 37.6 Å². The number of aromatic nitrogens is 3. The van der Waals surface area contributed by atoms with Crippen LogP contribution in [-0.4, -0.2) is 57.5 Å². The van der Waals surface area contributed by atoms with E-state index >= 15 is 0 Å². The number of carbonyl (C=O) groups is 1. The number of aliphatic carboxylic acids is 1. The number of alkyl halides is 3. The summed E-state index contributed by atoms with van der Waals surface area (Å²) < 4.78 is 50.3. The summed E-state index contributed by atoms with van der Waals surface area (Å²) >= 11 is 6.13. The number of ether oxygens (including phenoxy) is 1. The lowest BCUT2D eigenvalue weighted by atomic mass is 9.76. The highest BCUT2D eigenvalue weighted by Gasteiger charge is 2.46. The number of halogens is 4. The van der Waals surface area contributed by atoms with E-state index in [1.165, 1.54) is 48.1 Å². The monoisotopic (exact) mass is 592 g/mol. The Labute approximate surface area is 237 Å². The van der Waals surface area contributed by atoms with E-state index in [-0.39, 0.29) is 39.0 Å². The summed E-state index contributed by atoms with van der Waals surface area (Å²) in [6, 6.07) is 7.46. The second-order valence-corrected chi connectivity index (χ2v) is 10.9. The summed E-state index contributed by atoms with van der Waals surface area (Å²) in [4.78, 5) is 34.2. The second kappa shape index (κ2) is 10.9. The summed E-state index contributed by atoms with van der Waals surface area (Å²) in [6.07, 6.45) is -4.03. The van der Waals surface area contributed by atoms with Crippen molar-refractivity contribution in [3.05, 3.63) is 63.5 Å². The zero-order chi connectivity index (χ0) is 29.5. The molecular formula is C27H28ClF3N6O4. The van der Waals surface area contributed by atoms with Crippen molar-refractivity contribution in [1.29, 1.82) is 0 Å². The first kappa shape index (κ1) is 28.7. The smallest absolute Gasteiger partial charge is 0.429 e. The third-order valence-corrected chi connectivity index (χ3v) is 8.00. The summed E-state index contributed by atoms with van der Waals surface area (Å²) in [5.41, 5.74) is 4.92. The molecule has 0 saturated carbocycles. The van der Waals surface area contributed by atoms with Crippen LogP contribution in [0.15, 0.2) is 47.4 Å². The molecule has 5 rings (SSSR count). The predicted octanol–water partition coefficient (Wildman–Crippen LogP) is 3.79. The Hall–Kier alpha value is -3.84. The van der Waals surface area contributed by atoms with E-state index in [9.17, 15) is 27.9 Å². The molecule has 0 bridgehead atoms. The summed E-state index contributed by atoms with van der Waals surface area (Å²) in [7, 11) is 1.50. The van der Waals surface area contributed by atoms with Gasteiger partial charge in [0.2, 0.25) is 17.9 Å². The van der Waals surface area contributed by atoms with Gasteiger partial charge in [-0.1, -0.05) is 17.7 Å². The third kappa shape index (κ3) is 5.96. The van der Waals surface area contributed by atoms with Crippen LogP contribution in [0.5, 0.6) is 5.88 Å². The molecule has 2 aromatic heterocycles. The molecule has 4 heterocycles. The Morgan fingerprint density at radius 3 is 2.61 bits per heavy atom. The maximum atomic E-state index is 14.5. The molecule has 2 aliphatic heterocycles. The number of hydrogen-bond acceptors (Lipinski definition) is 8. The Morgan fingerprint density at radius 1 is 1.22 bits per heavy atom. The zero-order valence-electron chi connectivity index (χ0n) is 22.0. The van der Waals surface area contributed by atoms with Gasteiger partial charge in [-0.25, -0.2) is 0 Å². The number of pyridine rings is 1. The Bertz CT molecular complexity index is 1520. The van der Waals surface area contributed by atoms with Crippen LogP contribution in [0.2, 0.25) is 5.02 Å². The van der Waals surface area contributed by atoms with Gasteiger partial charge in [-0.05, 0) is 54.5 Å². The molecule has 0 aliphatic carbocycles. The van der Waals surface area contributed by atoms with Gasteiger partial charge in [0.05, 0.1) is 0 Å². The van der Waals surface area contributed by atoms with Gasteiger partial charge in [0.1, 0.15) is 11.9 Å². The van der Waals surface area contributed by atoms with Gasteiger partial charge in [-0.3, -0.25) is 9.59 Å². The van der Waals surface area contributed by atoms with Gasteiger partial charge in [0.15, 0.2) is 0 Å². The van der Waals surface area contributed by atoms with E-state index in [0.29, 0.717) is 44.7 Å². The molecular weight excluding hydrogens is 565 g/mol. The maximum Gasteiger partial charge on any atom is 0.429 e. The van der Waals surface area contributed by atoms with E-state index in [2.05, 4.69) is 15.3 Å². The number of benzene rings is 1. The number of aryl methyl sites for hydroxylation is 1. The van der Waals surface area contributed by atoms with Crippen molar-refractivity contribution in [2.75, 3.05) is 30.3 Å². The fourth-order valence-corrected chi connectivity index (χ4v) is 5.73. The second-order valence-electron chi connectivity index (χ2n) is 10.5. The fraction of sp³-hybridized carbons (Fsp3) is 0.407. The van der Waals surface area contributed by atoms with E-state index in [0.717, 1.165) is 0 Å². The molecule has 41 heavy (non-hydrogen) atoms. The van der Waals surface area contributed by atoms with Crippen molar-refractivity contribution in [1.82, 2.24) is 19.9 Å². The minimum atomic E-state index is -4.89. The van der Waals surface area contributed by atoms with Crippen LogP contribution >= 0.6 is 11.6 Å². The fourth-order valence-electron chi connectivity index (χ4n) is 5.56. The average Bonchev–Trinajstić information content (AvgIpc) is 3.32. The van der Waals surface area contributed by atoms with Crippen LogP contribution in [-0.2, 0) is 11.8 Å². The SMILES string of the molecule is Cn1cccc(-c2cc(Cl)ccc2[C@@H](Oc2cc(N3CCC4(CC3)CNC(C(=O)O)C4)nc(N)n2)C(F)(F)F)c1=O. The van der Waals surface area contributed by atoms with Crippen molar-refractivity contribution < 1.29 is 27.8 Å². The van der Waals surface area contributed by atoms with E-state index in [4.69, 9.17) is 22.1 Å². The molecule has 10 nitrogen and oxygen atoms in total. The number of hydrogen-bond donors (Lipinski definition) is 3. The minimum Gasteiger partial charge on any atom is -0.480 e. The predicted molar refractivity (Wildman–Crippen MR) is 146 cm³/mol. The maximum absolute atomic E-state index is 14.5. The molecule has 2 atom stereocenters. The van der Waals surface area contributed by atoms with Gasteiger partial charge in [0.25, 0.3) is 5.56 Å². The number of nitrogen functional groups attached to an aromatic ring is 1. The van der Waals surface area contributed by atoms with Crippen molar-refractivity contribution in [3.8, 4) is 17.0 Å². The van der Waals surface area contributed by atoms with Crippen LogP contribution in [0.4, 0.5) is 24.9 Å². The first-order chi connectivity index (χ1) is 19.3. The summed E-state index contributed by atoms with van der Waals surface area (Å²) in [5, 5.41) is 12.5. The van der Waals surface area contributed by atoms with Gasteiger partial charge in [-0.15, -0.1) is 0 Å². The number of carboxylic acid groups (broad SMARTS) is 1. The zero-order valence-corrected chi connectivity index (χ0v) is 22.7. The number of nitrogens with one attached hydrogen (secondary N) is 1. The molecule has 4 N–H and O–H groups in total. The molecule has 1 aromatic carbocycles. The number of anilines is 2. The van der Waals surface area contributed by atoms with Crippen LogP contribution in [0.1, 0.15) is 30.9 Å². The number of nitrogens with zero attached hydrogens (tertiary/aromatic N) is 4. The van der Waals surface area contributed by atoms with Crippen molar-refractivity contribution in [2.24, 2.45) is 12.5 Å². The molecule has 1 unspecified atom stereocenters. The van der Waals surface area contributed by atoms with Crippen LogP contribution in [0.25, 0.3) is 11.1 Å². The molecule has 0 amide bonds. The van der Waals surface area contributed by atoms with E-state index < -0.39 is 29.9 Å². The van der Waals surface area contributed by atoms with Crippen LogP contribution < -0.4 is 26.2 Å². The lowest BCUT2D eigenvalue weighted by molar-refractivity contribution is -0.198. The highest BCUT2D eigenvalue weighted by molar-refractivity contribution is 6.30. The third-order valence-electron chi connectivity index (χ3n) is 7.76. The molecule has 0 radical (unpaired) electrons. The highest BCUT2D eigenvalue weighted by Crippen LogP contribution is 2.43. The average molecular weight is 593 g/mol. The first-order valence-electron chi connectivity index (χ1n) is 12.9. The first-order valence-corrected chi connectivity index (χ1v) is 13.3. The molecule has 3 aromatic rings. The standard InChI is InChI=1S/C27H28ClF3N6O4/c1-36-8-2-3-17(23(36)38)18-11-15(28)4-5-16(18)22(27(29,30)31)41-21-12-20(34-25(32)35-21)37-9-6-26(7-10-37)13-19(24(39)40)33-14-26/h2-5,8,11-12,19,22,33H,6-7,9-10,13-14H2,1H3,(H,39,40)(H2,32,34,35)/t19?,22-/m1/s1. The number of piperidine rings is 1. The van der Waals surface area contributed by atoms with E-state index in [1.807, 2.05) is 4.90 Å². The Balaban J connectivity index is 1.44. The molecule has 2 aliphatic rings. The van der Waals surface area contributed by atoms with Crippen LogP contribution in [0.3, 0.4) is 0 Å².